The smallest absolute Gasteiger partial charge is 0.123 e. The van der Waals surface area contributed by atoms with Crippen molar-refractivity contribution in [3.8, 4) is 11.5 Å². The highest BCUT2D eigenvalue weighted by atomic mass is 35.5. The Morgan fingerprint density at radius 3 is 2.62 bits per heavy atom. The van der Waals surface area contributed by atoms with E-state index in [2.05, 4.69) is 6.92 Å². The molecule has 1 N–H and O–H groups in total. The van der Waals surface area contributed by atoms with Gasteiger partial charge in [0.2, 0.25) is 0 Å². The van der Waals surface area contributed by atoms with Crippen molar-refractivity contribution in [2.45, 2.75) is 39.0 Å². The third-order valence-corrected chi connectivity index (χ3v) is 3.98. The van der Waals surface area contributed by atoms with Crippen molar-refractivity contribution in [1.82, 2.24) is 0 Å². The molecule has 0 saturated heterocycles. The first kappa shape index (κ1) is 16.0. The zero-order valence-corrected chi connectivity index (χ0v) is 13.3. The highest BCUT2D eigenvalue weighted by Gasteiger charge is 2.07. The van der Waals surface area contributed by atoms with Crippen LogP contribution in [0.25, 0.3) is 10.8 Å². The summed E-state index contributed by atoms with van der Waals surface area (Å²) < 4.78 is 5.95. The van der Waals surface area contributed by atoms with Gasteiger partial charge in [0.25, 0.3) is 0 Å². The fraction of sp³-hybridized carbons (Fsp3) is 0.444. The monoisotopic (exact) mass is 306 g/mol. The van der Waals surface area contributed by atoms with E-state index in [1.807, 2.05) is 18.2 Å². The van der Waals surface area contributed by atoms with Crippen molar-refractivity contribution >= 4 is 22.4 Å². The summed E-state index contributed by atoms with van der Waals surface area (Å²) in [4.78, 5) is 0. The van der Waals surface area contributed by atoms with Gasteiger partial charge in [-0.3, -0.25) is 0 Å². The molecule has 21 heavy (non-hydrogen) atoms. The minimum absolute atomic E-state index is 0.303. The summed E-state index contributed by atoms with van der Waals surface area (Å²) in [5.74, 6) is 2.02. The van der Waals surface area contributed by atoms with E-state index < -0.39 is 0 Å². The molecular weight excluding hydrogens is 284 g/mol. The number of hydrogen-bond acceptors (Lipinski definition) is 2. The summed E-state index contributed by atoms with van der Waals surface area (Å²) in [6, 6.07) is 9.52. The fourth-order valence-corrected chi connectivity index (χ4v) is 2.78. The SMILES string of the molecule is CCc1c(OCCCCCCCl)ccc2cc(O)ccc12. The fourth-order valence-electron chi connectivity index (χ4n) is 2.59. The van der Waals surface area contributed by atoms with E-state index in [1.54, 1.807) is 12.1 Å². The molecule has 0 bridgehead atoms. The Balaban J connectivity index is 2.04. The van der Waals surface area contributed by atoms with Crippen LogP contribution in [0.4, 0.5) is 0 Å². The van der Waals surface area contributed by atoms with Crippen LogP contribution in [0.5, 0.6) is 11.5 Å². The normalized spacial score (nSPS) is 11.0. The van der Waals surface area contributed by atoms with Crippen molar-refractivity contribution in [3.05, 3.63) is 35.9 Å². The van der Waals surface area contributed by atoms with E-state index in [4.69, 9.17) is 16.3 Å². The van der Waals surface area contributed by atoms with Crippen LogP contribution in [0, 0.1) is 0 Å². The molecule has 2 aromatic carbocycles. The second-order valence-electron chi connectivity index (χ2n) is 5.25. The van der Waals surface area contributed by atoms with Gasteiger partial charge in [0.15, 0.2) is 0 Å². The summed E-state index contributed by atoms with van der Waals surface area (Å²) in [6.07, 6.45) is 5.40. The number of aromatic hydroxyl groups is 1. The molecule has 0 saturated carbocycles. The Bertz CT molecular complexity index is 581. The molecule has 0 aliphatic rings. The van der Waals surface area contributed by atoms with Crippen molar-refractivity contribution in [2.24, 2.45) is 0 Å². The van der Waals surface area contributed by atoms with Crippen molar-refractivity contribution in [2.75, 3.05) is 12.5 Å². The van der Waals surface area contributed by atoms with Crippen LogP contribution in [0.3, 0.4) is 0 Å². The van der Waals surface area contributed by atoms with Crippen LogP contribution in [-0.2, 0) is 6.42 Å². The molecule has 2 aromatic rings. The Kier molecular flexibility index (Phi) is 6.19. The van der Waals surface area contributed by atoms with Gasteiger partial charge in [-0.25, -0.2) is 0 Å². The zero-order valence-electron chi connectivity index (χ0n) is 12.6. The summed E-state index contributed by atoms with van der Waals surface area (Å²) in [5.41, 5.74) is 1.22. The predicted molar refractivity (Wildman–Crippen MR) is 89.7 cm³/mol. The predicted octanol–water partition coefficient (Wildman–Crippen LogP) is 5.29. The number of rotatable bonds is 8. The van der Waals surface area contributed by atoms with E-state index in [0.29, 0.717) is 5.75 Å². The number of halogens is 1. The summed E-state index contributed by atoms with van der Waals surface area (Å²) in [5, 5.41) is 11.8. The number of ether oxygens (including phenoxy) is 1. The third-order valence-electron chi connectivity index (χ3n) is 3.71. The summed E-state index contributed by atoms with van der Waals surface area (Å²) >= 11 is 5.67. The number of unbranched alkanes of at least 4 members (excludes halogenated alkanes) is 3. The minimum Gasteiger partial charge on any atom is -0.508 e. The topological polar surface area (TPSA) is 29.5 Å². The van der Waals surface area contributed by atoms with Crippen LogP contribution in [0.2, 0.25) is 0 Å². The first-order chi connectivity index (χ1) is 10.3. The first-order valence-corrected chi connectivity index (χ1v) is 8.23. The molecule has 0 amide bonds. The van der Waals surface area contributed by atoms with Gasteiger partial charge in [-0.1, -0.05) is 31.9 Å². The average molecular weight is 307 g/mol. The van der Waals surface area contributed by atoms with Crippen LogP contribution in [0.15, 0.2) is 30.3 Å². The van der Waals surface area contributed by atoms with E-state index in [0.717, 1.165) is 54.7 Å². The van der Waals surface area contributed by atoms with Gasteiger partial charge in [0, 0.05) is 11.4 Å². The minimum atomic E-state index is 0.303. The van der Waals surface area contributed by atoms with Gasteiger partial charge in [0.1, 0.15) is 11.5 Å². The van der Waals surface area contributed by atoms with Crippen molar-refractivity contribution in [3.63, 3.8) is 0 Å². The molecule has 0 atom stereocenters. The van der Waals surface area contributed by atoms with Gasteiger partial charge in [-0.05, 0) is 48.2 Å². The third kappa shape index (κ3) is 4.28. The molecule has 0 aromatic heterocycles. The van der Waals surface area contributed by atoms with Gasteiger partial charge in [-0.2, -0.15) is 0 Å². The highest BCUT2D eigenvalue weighted by Crippen LogP contribution is 2.30. The molecule has 0 radical (unpaired) electrons. The molecule has 0 heterocycles. The molecule has 0 spiro atoms. The number of hydrogen-bond donors (Lipinski definition) is 1. The number of fused-ring (bicyclic) bond motifs is 1. The molecule has 0 fully saturated rings. The first-order valence-electron chi connectivity index (χ1n) is 7.69. The van der Waals surface area contributed by atoms with Crippen LogP contribution >= 0.6 is 11.6 Å². The maximum atomic E-state index is 9.57. The lowest BCUT2D eigenvalue weighted by Gasteiger charge is -2.13. The molecule has 0 unspecified atom stereocenters. The number of alkyl halides is 1. The number of aryl methyl sites for hydroxylation is 1. The van der Waals surface area contributed by atoms with Gasteiger partial charge in [0.05, 0.1) is 6.61 Å². The quantitative estimate of drug-likeness (QED) is 0.530. The lowest BCUT2D eigenvalue weighted by atomic mass is 10.0. The lowest BCUT2D eigenvalue weighted by molar-refractivity contribution is 0.303. The van der Waals surface area contributed by atoms with E-state index in [9.17, 15) is 5.11 Å². The Morgan fingerprint density at radius 2 is 1.86 bits per heavy atom. The molecule has 2 rings (SSSR count). The zero-order chi connectivity index (χ0) is 15.1. The largest absolute Gasteiger partial charge is 0.508 e. The second kappa shape index (κ2) is 8.14. The van der Waals surface area contributed by atoms with Crippen molar-refractivity contribution < 1.29 is 9.84 Å². The standard InChI is InChI=1S/C18H23ClO2/c1-2-16-17-9-8-15(20)13-14(17)7-10-18(16)21-12-6-4-3-5-11-19/h7-10,13,20H,2-6,11-12H2,1H3. The average Bonchev–Trinajstić information content (AvgIpc) is 2.50. The Hall–Kier alpha value is -1.41. The maximum absolute atomic E-state index is 9.57. The number of phenols is 1. The van der Waals surface area contributed by atoms with E-state index >= 15 is 0 Å². The number of phenolic OH excluding ortho intramolecular Hbond substituents is 1. The molecule has 0 aliphatic heterocycles. The van der Waals surface area contributed by atoms with Crippen LogP contribution in [0.1, 0.15) is 38.2 Å². The second-order valence-corrected chi connectivity index (χ2v) is 5.63. The molecule has 0 aliphatic carbocycles. The van der Waals surface area contributed by atoms with Crippen LogP contribution < -0.4 is 4.74 Å². The Labute approximate surface area is 131 Å². The number of benzene rings is 2. The van der Waals surface area contributed by atoms with E-state index in [1.165, 1.54) is 12.0 Å². The highest BCUT2D eigenvalue weighted by molar-refractivity contribution is 6.17. The molecule has 3 heteroatoms. The summed E-state index contributed by atoms with van der Waals surface area (Å²) in [7, 11) is 0. The molecular formula is C18H23ClO2. The molecule has 2 nitrogen and oxygen atoms in total. The van der Waals surface area contributed by atoms with Crippen molar-refractivity contribution in [1.29, 1.82) is 0 Å². The summed E-state index contributed by atoms with van der Waals surface area (Å²) in [6.45, 7) is 2.88. The van der Waals surface area contributed by atoms with Gasteiger partial charge >= 0.3 is 0 Å². The van der Waals surface area contributed by atoms with Crippen LogP contribution in [-0.4, -0.2) is 17.6 Å². The van der Waals surface area contributed by atoms with Gasteiger partial charge < -0.3 is 9.84 Å². The lowest BCUT2D eigenvalue weighted by Crippen LogP contribution is -2.00. The Morgan fingerprint density at radius 1 is 1.05 bits per heavy atom. The van der Waals surface area contributed by atoms with E-state index in [-0.39, 0.29) is 0 Å². The molecule has 114 valence electrons. The maximum Gasteiger partial charge on any atom is 0.123 e. The van der Waals surface area contributed by atoms with Gasteiger partial charge in [-0.15, -0.1) is 11.6 Å².